The van der Waals surface area contributed by atoms with Crippen LogP contribution in [0.15, 0.2) is 36.5 Å². The Morgan fingerprint density at radius 2 is 0.923 bits per heavy atom. The Labute approximate surface area is 82.0 Å². The Kier molecular flexibility index (Phi) is 6.22. The van der Waals surface area contributed by atoms with Gasteiger partial charge in [0.25, 0.3) is 0 Å². The highest BCUT2D eigenvalue weighted by atomic mass is 13.9. The summed E-state index contributed by atoms with van der Waals surface area (Å²) in [5.41, 5.74) is 0. The molecule has 0 aromatic rings. The monoisotopic (exact) mass is 175 g/mol. The van der Waals surface area contributed by atoms with Gasteiger partial charge in [-0.15, -0.1) is 0 Å². The van der Waals surface area contributed by atoms with Crippen LogP contribution in [0.25, 0.3) is 0 Å². The molecule has 0 amide bonds. The fourth-order valence-corrected chi connectivity index (χ4v) is 1.35. The molecule has 1 aliphatic carbocycles. The summed E-state index contributed by atoms with van der Waals surface area (Å²) in [6, 6.07) is 0. The molecular weight excluding hydrogens is 156 g/mol. The molecule has 0 spiro atoms. The van der Waals surface area contributed by atoms with Crippen molar-refractivity contribution in [3.05, 3.63) is 42.9 Å². The van der Waals surface area contributed by atoms with E-state index >= 15 is 0 Å². The van der Waals surface area contributed by atoms with E-state index in [4.69, 9.17) is 0 Å². The third kappa shape index (κ3) is 6.39. The normalized spacial score (nSPS) is 27.7. The number of hydrogen-bond acceptors (Lipinski definition) is 0. The third-order valence-electron chi connectivity index (χ3n) is 2.12. The summed E-state index contributed by atoms with van der Waals surface area (Å²) in [7, 11) is 0. The van der Waals surface area contributed by atoms with Crippen molar-refractivity contribution in [1.82, 2.24) is 0 Å². The lowest BCUT2D eigenvalue weighted by atomic mass is 10.1. The topological polar surface area (TPSA) is 0 Å². The molecule has 1 aliphatic rings. The minimum absolute atomic E-state index is 1.09. The van der Waals surface area contributed by atoms with Crippen LogP contribution < -0.4 is 0 Å². The second-order valence-corrected chi connectivity index (χ2v) is 3.33. The lowest BCUT2D eigenvalue weighted by molar-refractivity contribution is 0.855. The molecule has 71 valence electrons. The van der Waals surface area contributed by atoms with Gasteiger partial charge in [-0.25, -0.2) is 0 Å². The average Bonchev–Trinajstić information content (AvgIpc) is 2.18. The highest BCUT2D eigenvalue weighted by Gasteiger charge is 1.86. The predicted octanol–water partition coefficient (Wildman–Crippen LogP) is 4.21. The molecule has 0 saturated carbocycles. The van der Waals surface area contributed by atoms with Crippen LogP contribution in [0.2, 0.25) is 0 Å². The lowest BCUT2D eigenvalue weighted by Crippen LogP contribution is -1.75. The average molecular weight is 175 g/mol. The zero-order valence-corrected chi connectivity index (χ0v) is 8.28. The predicted molar refractivity (Wildman–Crippen MR) is 59.4 cm³/mol. The molecule has 1 radical (unpaired) electrons. The van der Waals surface area contributed by atoms with Gasteiger partial charge in [0.05, 0.1) is 0 Å². The van der Waals surface area contributed by atoms with Gasteiger partial charge in [0.2, 0.25) is 0 Å². The molecule has 0 aromatic heterocycles. The molecular formula is C13H19. The van der Waals surface area contributed by atoms with Gasteiger partial charge in [-0.1, -0.05) is 36.5 Å². The SMILES string of the molecule is [CH]1CC/C=C\C/C=C\C/C=C/CC1. The number of rotatable bonds is 0. The van der Waals surface area contributed by atoms with Crippen LogP contribution in [0.5, 0.6) is 0 Å². The molecule has 0 fully saturated rings. The van der Waals surface area contributed by atoms with E-state index in [0.717, 1.165) is 12.8 Å². The van der Waals surface area contributed by atoms with Crippen molar-refractivity contribution in [2.45, 2.75) is 38.5 Å². The first-order valence-corrected chi connectivity index (χ1v) is 5.27. The van der Waals surface area contributed by atoms with Gasteiger partial charge in [-0.2, -0.15) is 0 Å². The van der Waals surface area contributed by atoms with E-state index in [1.54, 1.807) is 0 Å². The molecule has 0 bridgehead atoms. The highest BCUT2D eigenvalue weighted by Crippen LogP contribution is 2.05. The van der Waals surface area contributed by atoms with Gasteiger partial charge in [0.15, 0.2) is 0 Å². The van der Waals surface area contributed by atoms with Crippen LogP contribution in [-0.4, -0.2) is 0 Å². The van der Waals surface area contributed by atoms with Crippen LogP contribution in [0.3, 0.4) is 0 Å². The Bertz CT molecular complexity index is 164. The maximum Gasteiger partial charge on any atom is -0.0169 e. The summed E-state index contributed by atoms with van der Waals surface area (Å²) in [6.07, 6.45) is 23.0. The molecule has 0 unspecified atom stereocenters. The molecule has 0 aliphatic heterocycles. The molecule has 0 saturated heterocycles. The van der Waals surface area contributed by atoms with Crippen molar-refractivity contribution < 1.29 is 0 Å². The summed E-state index contributed by atoms with van der Waals surface area (Å²) in [6.45, 7) is 0. The van der Waals surface area contributed by atoms with Crippen molar-refractivity contribution in [3.63, 3.8) is 0 Å². The summed E-state index contributed by atoms with van der Waals surface area (Å²) >= 11 is 0. The van der Waals surface area contributed by atoms with Crippen LogP contribution in [0.4, 0.5) is 0 Å². The molecule has 1 rings (SSSR count). The van der Waals surface area contributed by atoms with Crippen molar-refractivity contribution >= 4 is 0 Å². The van der Waals surface area contributed by atoms with E-state index in [9.17, 15) is 0 Å². The largest absolute Gasteiger partial charge is 0.0882 e. The first-order chi connectivity index (χ1) is 6.50. The van der Waals surface area contributed by atoms with Crippen LogP contribution in [-0.2, 0) is 0 Å². The standard InChI is InChI=1S/C13H19/c1-2-4-6-8-10-12-13-11-9-7-5-3-1/h1-2,5-8,13H,3-4,9-12H2/b2-1-,7-5-,8-6+. The lowest BCUT2D eigenvalue weighted by Gasteiger charge is -1.93. The first kappa shape index (κ1) is 10.3. The fourth-order valence-electron chi connectivity index (χ4n) is 1.35. The first-order valence-electron chi connectivity index (χ1n) is 5.27. The van der Waals surface area contributed by atoms with Crippen molar-refractivity contribution in [3.8, 4) is 0 Å². The summed E-state index contributed by atoms with van der Waals surface area (Å²) in [5.74, 6) is 0. The zero-order chi connectivity index (χ0) is 9.19. The quantitative estimate of drug-likeness (QED) is 0.484. The number of hydrogen-bond donors (Lipinski definition) is 0. The molecule has 0 nitrogen and oxygen atoms in total. The molecule has 0 N–H and O–H groups in total. The van der Waals surface area contributed by atoms with E-state index in [2.05, 4.69) is 42.9 Å². The Hall–Kier alpha value is -0.780. The molecule has 0 atom stereocenters. The smallest absolute Gasteiger partial charge is 0.0169 e. The van der Waals surface area contributed by atoms with Gasteiger partial charge in [-0.05, 0) is 44.9 Å². The minimum Gasteiger partial charge on any atom is -0.0882 e. The van der Waals surface area contributed by atoms with E-state index in [-0.39, 0.29) is 0 Å². The molecule has 0 aromatic carbocycles. The summed E-state index contributed by atoms with van der Waals surface area (Å²) < 4.78 is 0. The summed E-state index contributed by atoms with van der Waals surface area (Å²) in [5, 5.41) is 0. The van der Waals surface area contributed by atoms with Gasteiger partial charge in [0.1, 0.15) is 0 Å². The maximum absolute atomic E-state index is 2.39. The Balaban J connectivity index is 2.28. The van der Waals surface area contributed by atoms with Crippen LogP contribution >= 0.6 is 0 Å². The van der Waals surface area contributed by atoms with E-state index in [1.807, 2.05) is 0 Å². The van der Waals surface area contributed by atoms with Crippen molar-refractivity contribution in [2.24, 2.45) is 0 Å². The van der Waals surface area contributed by atoms with Gasteiger partial charge >= 0.3 is 0 Å². The van der Waals surface area contributed by atoms with E-state index in [1.165, 1.54) is 25.7 Å². The highest BCUT2D eigenvalue weighted by molar-refractivity contribution is 4.98. The molecule has 13 heavy (non-hydrogen) atoms. The van der Waals surface area contributed by atoms with Crippen molar-refractivity contribution in [2.75, 3.05) is 0 Å². The van der Waals surface area contributed by atoms with Gasteiger partial charge in [-0.3, -0.25) is 0 Å². The minimum atomic E-state index is 1.09. The van der Waals surface area contributed by atoms with Crippen molar-refractivity contribution in [1.29, 1.82) is 0 Å². The maximum atomic E-state index is 2.39. The number of allylic oxidation sites excluding steroid dienone is 6. The Morgan fingerprint density at radius 3 is 1.46 bits per heavy atom. The second kappa shape index (κ2) is 7.85. The van der Waals surface area contributed by atoms with Crippen LogP contribution in [0, 0.1) is 6.42 Å². The molecule has 0 heterocycles. The zero-order valence-electron chi connectivity index (χ0n) is 8.28. The third-order valence-corrected chi connectivity index (χ3v) is 2.12. The van der Waals surface area contributed by atoms with E-state index in [0.29, 0.717) is 0 Å². The molecule has 0 heteroatoms. The Morgan fingerprint density at radius 1 is 0.462 bits per heavy atom. The van der Waals surface area contributed by atoms with E-state index < -0.39 is 0 Å². The fraction of sp³-hybridized carbons (Fsp3) is 0.462. The van der Waals surface area contributed by atoms with Crippen LogP contribution in [0.1, 0.15) is 38.5 Å². The summed E-state index contributed by atoms with van der Waals surface area (Å²) in [4.78, 5) is 0. The van der Waals surface area contributed by atoms with Gasteiger partial charge < -0.3 is 0 Å². The van der Waals surface area contributed by atoms with Gasteiger partial charge in [0, 0.05) is 0 Å². The second-order valence-electron chi connectivity index (χ2n) is 3.33.